The highest BCUT2D eigenvalue weighted by atomic mass is 19.1. The van der Waals surface area contributed by atoms with E-state index in [1.165, 1.54) is 18.5 Å². The Bertz CT molecular complexity index is 1340. The van der Waals surface area contributed by atoms with E-state index >= 15 is 0 Å². The molecule has 0 aliphatic rings. The van der Waals surface area contributed by atoms with Gasteiger partial charge in [-0.15, -0.1) is 0 Å². The molecule has 0 spiro atoms. The third-order valence-corrected chi connectivity index (χ3v) is 4.72. The minimum Gasteiger partial charge on any atom is -0.444 e. The largest absolute Gasteiger partial charge is 0.444 e. The molecule has 0 aliphatic heterocycles. The summed E-state index contributed by atoms with van der Waals surface area (Å²) in [6.07, 6.45) is 4.69. The number of anilines is 1. The van der Waals surface area contributed by atoms with Crippen molar-refractivity contribution in [3.8, 4) is 28.1 Å². The Morgan fingerprint density at radius 3 is 2.62 bits per heavy atom. The van der Waals surface area contributed by atoms with Crippen LogP contribution in [0.3, 0.4) is 0 Å². The molecule has 5 rings (SSSR count). The van der Waals surface area contributed by atoms with Crippen molar-refractivity contribution in [1.82, 2.24) is 14.5 Å². The van der Waals surface area contributed by atoms with Crippen molar-refractivity contribution in [3.05, 3.63) is 85.1 Å². The monoisotopic (exact) mass is 388 g/mol. The number of aromatic nitrogens is 3. The third kappa shape index (κ3) is 3.02. The van der Waals surface area contributed by atoms with E-state index < -0.39 is 11.6 Å². The second-order valence-electron chi connectivity index (χ2n) is 6.62. The maximum absolute atomic E-state index is 14.3. The molecule has 0 atom stereocenters. The molecule has 2 heterocycles. The van der Waals surface area contributed by atoms with Gasteiger partial charge in [0.05, 0.1) is 17.2 Å². The van der Waals surface area contributed by atoms with Crippen LogP contribution in [0.2, 0.25) is 0 Å². The number of benzene rings is 3. The van der Waals surface area contributed by atoms with E-state index in [9.17, 15) is 8.78 Å². The van der Waals surface area contributed by atoms with Gasteiger partial charge in [-0.1, -0.05) is 0 Å². The Labute approximate surface area is 164 Å². The summed E-state index contributed by atoms with van der Waals surface area (Å²) in [5, 5.41) is 0. The maximum atomic E-state index is 14.3. The van der Waals surface area contributed by atoms with Gasteiger partial charge >= 0.3 is 0 Å². The number of hydrogen-bond donors (Lipinski definition) is 1. The Morgan fingerprint density at radius 1 is 0.931 bits per heavy atom. The van der Waals surface area contributed by atoms with Crippen LogP contribution >= 0.6 is 0 Å². The fourth-order valence-corrected chi connectivity index (χ4v) is 3.38. The van der Waals surface area contributed by atoms with Crippen molar-refractivity contribution < 1.29 is 13.2 Å². The SMILES string of the molecule is Nc1cc(-c2ccc(F)cc2F)cc(-n2cnc3cc(-c4cnco4)ccc32)c1. The van der Waals surface area contributed by atoms with Crippen molar-refractivity contribution in [2.75, 3.05) is 5.73 Å². The lowest BCUT2D eigenvalue weighted by Gasteiger charge is -2.10. The fourth-order valence-electron chi connectivity index (χ4n) is 3.38. The van der Waals surface area contributed by atoms with Crippen molar-refractivity contribution >= 4 is 16.7 Å². The predicted molar refractivity (Wildman–Crippen MR) is 106 cm³/mol. The van der Waals surface area contributed by atoms with Gasteiger partial charge in [0.2, 0.25) is 0 Å². The first-order valence-electron chi connectivity index (χ1n) is 8.81. The lowest BCUT2D eigenvalue weighted by atomic mass is 10.0. The third-order valence-electron chi connectivity index (χ3n) is 4.72. The Balaban J connectivity index is 1.62. The molecule has 0 amide bonds. The van der Waals surface area contributed by atoms with Crippen molar-refractivity contribution in [1.29, 1.82) is 0 Å². The van der Waals surface area contributed by atoms with Crippen LogP contribution in [0.25, 0.3) is 39.2 Å². The molecule has 0 saturated carbocycles. The minimum atomic E-state index is -0.645. The number of nitrogens with zero attached hydrogens (tertiary/aromatic N) is 3. The fraction of sp³-hybridized carbons (Fsp3) is 0. The first-order chi connectivity index (χ1) is 14.1. The van der Waals surface area contributed by atoms with Crippen LogP contribution in [0, 0.1) is 11.6 Å². The summed E-state index contributed by atoms with van der Waals surface area (Å²) >= 11 is 0. The number of imidazole rings is 1. The van der Waals surface area contributed by atoms with Gasteiger partial charge in [-0.05, 0) is 54.1 Å². The lowest BCUT2D eigenvalue weighted by Crippen LogP contribution is -1.97. The molecule has 5 nitrogen and oxygen atoms in total. The molecular formula is C22H14F2N4O. The molecule has 0 unspecified atom stereocenters. The van der Waals surface area contributed by atoms with Crippen LogP contribution in [0.5, 0.6) is 0 Å². The molecular weight excluding hydrogens is 374 g/mol. The molecule has 0 fully saturated rings. The summed E-state index contributed by atoms with van der Waals surface area (Å²) in [4.78, 5) is 8.40. The lowest BCUT2D eigenvalue weighted by molar-refractivity contribution is 0.572. The van der Waals surface area contributed by atoms with Crippen LogP contribution in [0.4, 0.5) is 14.5 Å². The van der Waals surface area contributed by atoms with E-state index in [1.807, 2.05) is 22.8 Å². The standard InChI is InChI=1S/C22H14F2N4O/c23-15-2-3-18(19(24)8-15)14-5-16(25)9-17(6-14)28-11-27-20-7-13(1-4-21(20)28)22-10-26-12-29-22/h1-12H,25H2. The van der Waals surface area contributed by atoms with Gasteiger partial charge in [0.25, 0.3) is 0 Å². The Kier molecular flexibility index (Phi) is 3.87. The van der Waals surface area contributed by atoms with Crippen LogP contribution in [0.15, 0.2) is 77.9 Å². The average molecular weight is 388 g/mol. The normalized spacial score (nSPS) is 11.2. The summed E-state index contributed by atoms with van der Waals surface area (Å²) in [6, 6.07) is 14.4. The molecule has 29 heavy (non-hydrogen) atoms. The van der Waals surface area contributed by atoms with Crippen LogP contribution in [0.1, 0.15) is 0 Å². The summed E-state index contributed by atoms with van der Waals surface area (Å²) < 4.78 is 34.7. The van der Waals surface area contributed by atoms with E-state index in [2.05, 4.69) is 9.97 Å². The number of nitrogens with two attached hydrogens (primary N) is 1. The molecule has 0 bridgehead atoms. The van der Waals surface area contributed by atoms with E-state index in [4.69, 9.17) is 10.2 Å². The van der Waals surface area contributed by atoms with E-state index in [-0.39, 0.29) is 5.56 Å². The molecule has 0 radical (unpaired) electrons. The second-order valence-corrected chi connectivity index (χ2v) is 6.62. The topological polar surface area (TPSA) is 69.9 Å². The van der Waals surface area contributed by atoms with Gasteiger partial charge in [0.1, 0.15) is 18.0 Å². The number of oxazole rings is 1. The number of nitrogen functional groups attached to an aromatic ring is 1. The molecule has 5 aromatic rings. The molecule has 2 aromatic heterocycles. The summed E-state index contributed by atoms with van der Waals surface area (Å²) in [7, 11) is 0. The van der Waals surface area contributed by atoms with E-state index in [0.717, 1.165) is 28.4 Å². The van der Waals surface area contributed by atoms with Crippen molar-refractivity contribution in [2.45, 2.75) is 0 Å². The zero-order valence-corrected chi connectivity index (χ0v) is 15.0. The van der Waals surface area contributed by atoms with E-state index in [0.29, 0.717) is 17.0 Å². The summed E-state index contributed by atoms with van der Waals surface area (Å²) in [6.45, 7) is 0. The van der Waals surface area contributed by atoms with Crippen LogP contribution < -0.4 is 5.73 Å². The summed E-state index contributed by atoms with van der Waals surface area (Å²) in [5.41, 5.74) is 10.5. The van der Waals surface area contributed by atoms with Gasteiger partial charge in [0.15, 0.2) is 12.2 Å². The average Bonchev–Trinajstić information content (AvgIpc) is 3.37. The summed E-state index contributed by atoms with van der Waals surface area (Å²) in [5.74, 6) is -0.619. The Hall–Kier alpha value is -4.00. The first kappa shape index (κ1) is 17.1. The quantitative estimate of drug-likeness (QED) is 0.431. The number of rotatable bonds is 3. The van der Waals surface area contributed by atoms with Gasteiger partial charge < -0.3 is 10.2 Å². The molecule has 2 N–H and O–H groups in total. The van der Waals surface area contributed by atoms with Crippen molar-refractivity contribution in [3.63, 3.8) is 0 Å². The van der Waals surface area contributed by atoms with Gasteiger partial charge in [0, 0.05) is 28.6 Å². The predicted octanol–water partition coefficient (Wildman–Crippen LogP) is 5.21. The molecule has 7 heteroatoms. The zero-order chi connectivity index (χ0) is 20.0. The number of fused-ring (bicyclic) bond motifs is 1. The van der Waals surface area contributed by atoms with E-state index in [1.54, 1.807) is 30.7 Å². The van der Waals surface area contributed by atoms with Crippen LogP contribution in [-0.2, 0) is 0 Å². The smallest absolute Gasteiger partial charge is 0.181 e. The molecule has 0 saturated heterocycles. The second kappa shape index (κ2) is 6.56. The highest BCUT2D eigenvalue weighted by Gasteiger charge is 2.12. The Morgan fingerprint density at radius 2 is 1.83 bits per heavy atom. The highest BCUT2D eigenvalue weighted by molar-refractivity contribution is 5.83. The minimum absolute atomic E-state index is 0.275. The molecule has 142 valence electrons. The number of halogens is 2. The maximum Gasteiger partial charge on any atom is 0.181 e. The first-order valence-corrected chi connectivity index (χ1v) is 8.81. The van der Waals surface area contributed by atoms with Gasteiger partial charge in [-0.25, -0.2) is 18.7 Å². The van der Waals surface area contributed by atoms with Crippen LogP contribution in [-0.4, -0.2) is 14.5 Å². The van der Waals surface area contributed by atoms with Gasteiger partial charge in [-0.3, -0.25) is 4.57 Å². The molecule has 0 aliphatic carbocycles. The van der Waals surface area contributed by atoms with Crippen molar-refractivity contribution in [2.24, 2.45) is 0 Å². The zero-order valence-electron chi connectivity index (χ0n) is 15.0. The highest BCUT2D eigenvalue weighted by Crippen LogP contribution is 2.30. The number of hydrogen-bond acceptors (Lipinski definition) is 4. The van der Waals surface area contributed by atoms with Gasteiger partial charge in [-0.2, -0.15) is 0 Å². The molecule has 3 aromatic carbocycles.